The van der Waals surface area contributed by atoms with E-state index in [1.807, 2.05) is 24.3 Å². The van der Waals surface area contributed by atoms with Gasteiger partial charge in [0.1, 0.15) is 0 Å². The molecule has 0 unspecified atom stereocenters. The van der Waals surface area contributed by atoms with E-state index in [1.54, 1.807) is 0 Å². The second-order valence-corrected chi connectivity index (χ2v) is 5.38. The van der Waals surface area contributed by atoms with Crippen molar-refractivity contribution in [1.29, 1.82) is 0 Å². The summed E-state index contributed by atoms with van der Waals surface area (Å²) in [6.07, 6.45) is 10.6. The standard InChI is InChI=1S/C18H25NO3/c1-2-3-4-5-6-7-8-15-9-11-16(12-10-15)19-17(20)13-14-18(21)22/h9-14H,2-8H2,1H3,(H,19,20)(H,21,22)/b14-13-. The van der Waals surface area contributed by atoms with Gasteiger partial charge in [0.25, 0.3) is 0 Å². The van der Waals surface area contributed by atoms with Gasteiger partial charge in [0.05, 0.1) is 0 Å². The molecule has 0 radical (unpaired) electrons. The summed E-state index contributed by atoms with van der Waals surface area (Å²) < 4.78 is 0. The molecule has 0 aliphatic rings. The summed E-state index contributed by atoms with van der Waals surface area (Å²) in [6, 6.07) is 7.70. The van der Waals surface area contributed by atoms with Crippen molar-refractivity contribution < 1.29 is 14.7 Å². The minimum Gasteiger partial charge on any atom is -0.478 e. The number of amides is 1. The van der Waals surface area contributed by atoms with Crippen molar-refractivity contribution in [3.05, 3.63) is 42.0 Å². The van der Waals surface area contributed by atoms with Crippen LogP contribution >= 0.6 is 0 Å². The molecule has 2 N–H and O–H groups in total. The molecule has 1 aromatic carbocycles. The number of anilines is 1. The number of aryl methyl sites for hydroxylation is 1. The van der Waals surface area contributed by atoms with Crippen molar-refractivity contribution in [2.75, 3.05) is 5.32 Å². The molecule has 120 valence electrons. The molecule has 0 aliphatic carbocycles. The number of carbonyl (C=O) groups is 2. The number of hydrogen-bond donors (Lipinski definition) is 2. The molecular formula is C18H25NO3. The average Bonchev–Trinajstić information content (AvgIpc) is 2.50. The number of carboxylic acid groups (broad SMARTS) is 1. The van der Waals surface area contributed by atoms with E-state index in [4.69, 9.17) is 5.11 Å². The second-order valence-electron chi connectivity index (χ2n) is 5.38. The highest BCUT2D eigenvalue weighted by molar-refractivity contribution is 6.02. The Balaban J connectivity index is 2.30. The highest BCUT2D eigenvalue weighted by Gasteiger charge is 2.00. The molecule has 1 aromatic rings. The minimum atomic E-state index is -1.13. The van der Waals surface area contributed by atoms with E-state index in [9.17, 15) is 9.59 Å². The molecule has 0 saturated carbocycles. The number of rotatable bonds is 10. The third kappa shape index (κ3) is 8.25. The van der Waals surface area contributed by atoms with E-state index < -0.39 is 11.9 Å². The van der Waals surface area contributed by atoms with Crippen LogP contribution in [0, 0.1) is 0 Å². The number of aliphatic carboxylic acids is 1. The van der Waals surface area contributed by atoms with Crippen LogP contribution in [-0.4, -0.2) is 17.0 Å². The van der Waals surface area contributed by atoms with E-state index in [0.717, 1.165) is 18.6 Å². The van der Waals surface area contributed by atoms with Crippen LogP contribution < -0.4 is 5.32 Å². The summed E-state index contributed by atoms with van der Waals surface area (Å²) in [4.78, 5) is 21.8. The molecule has 4 nitrogen and oxygen atoms in total. The Morgan fingerprint density at radius 1 is 1.00 bits per heavy atom. The third-order valence-corrected chi connectivity index (χ3v) is 3.42. The fourth-order valence-corrected chi connectivity index (χ4v) is 2.20. The summed E-state index contributed by atoms with van der Waals surface area (Å²) in [7, 11) is 0. The van der Waals surface area contributed by atoms with Crippen molar-refractivity contribution in [2.45, 2.75) is 51.9 Å². The lowest BCUT2D eigenvalue weighted by molar-refractivity contribution is -0.131. The lowest BCUT2D eigenvalue weighted by atomic mass is 10.0. The summed E-state index contributed by atoms with van der Waals surface area (Å²) >= 11 is 0. The molecule has 0 heterocycles. The summed E-state index contributed by atoms with van der Waals surface area (Å²) in [6.45, 7) is 2.22. The van der Waals surface area contributed by atoms with Crippen molar-refractivity contribution in [3.63, 3.8) is 0 Å². The monoisotopic (exact) mass is 303 g/mol. The van der Waals surface area contributed by atoms with E-state index in [1.165, 1.54) is 44.1 Å². The van der Waals surface area contributed by atoms with E-state index in [0.29, 0.717) is 5.69 Å². The lowest BCUT2D eigenvalue weighted by Crippen LogP contribution is -2.08. The van der Waals surface area contributed by atoms with Gasteiger partial charge >= 0.3 is 5.97 Å². The number of nitrogens with one attached hydrogen (secondary N) is 1. The van der Waals surface area contributed by atoms with Crippen molar-refractivity contribution >= 4 is 17.6 Å². The molecule has 0 spiro atoms. The van der Waals surface area contributed by atoms with E-state index in [-0.39, 0.29) is 0 Å². The summed E-state index contributed by atoms with van der Waals surface area (Å²) in [5.74, 6) is -1.57. The highest BCUT2D eigenvalue weighted by Crippen LogP contribution is 2.13. The Morgan fingerprint density at radius 3 is 2.27 bits per heavy atom. The lowest BCUT2D eigenvalue weighted by Gasteiger charge is -2.05. The van der Waals surface area contributed by atoms with Gasteiger partial charge in [-0.15, -0.1) is 0 Å². The number of unbranched alkanes of at least 4 members (excludes halogenated alkanes) is 5. The molecule has 0 saturated heterocycles. The van der Waals surface area contributed by atoms with Gasteiger partial charge in [0.15, 0.2) is 0 Å². The molecule has 1 amide bonds. The quantitative estimate of drug-likeness (QED) is 0.503. The molecule has 4 heteroatoms. The molecule has 0 aromatic heterocycles. The largest absolute Gasteiger partial charge is 0.478 e. The first kappa shape index (κ1) is 18.0. The zero-order valence-electron chi connectivity index (χ0n) is 13.2. The number of benzene rings is 1. The molecule has 22 heavy (non-hydrogen) atoms. The van der Waals surface area contributed by atoms with Crippen LogP contribution in [0.25, 0.3) is 0 Å². The molecule has 0 bridgehead atoms. The third-order valence-electron chi connectivity index (χ3n) is 3.42. The first-order chi connectivity index (χ1) is 10.6. The Labute approximate surface area is 132 Å². The number of carbonyl (C=O) groups excluding carboxylic acids is 1. The van der Waals surface area contributed by atoms with Crippen LogP contribution in [0.15, 0.2) is 36.4 Å². The normalized spacial score (nSPS) is 10.8. The SMILES string of the molecule is CCCCCCCCc1ccc(NC(=O)/C=C\C(=O)O)cc1. The fourth-order valence-electron chi connectivity index (χ4n) is 2.20. The predicted octanol–water partition coefficient (Wildman–Crippen LogP) is 4.17. The van der Waals surface area contributed by atoms with E-state index >= 15 is 0 Å². The maximum atomic E-state index is 11.4. The van der Waals surface area contributed by atoms with Crippen LogP contribution in [-0.2, 0) is 16.0 Å². The Hall–Kier alpha value is -2.10. The zero-order chi connectivity index (χ0) is 16.2. The minimum absolute atomic E-state index is 0.439. The zero-order valence-corrected chi connectivity index (χ0v) is 13.2. The second kappa shape index (κ2) is 10.6. The van der Waals surface area contributed by atoms with Gasteiger partial charge in [-0.2, -0.15) is 0 Å². The van der Waals surface area contributed by atoms with Crippen LogP contribution in [0.2, 0.25) is 0 Å². The summed E-state index contributed by atoms with van der Waals surface area (Å²) in [5.41, 5.74) is 1.93. The fraction of sp³-hybridized carbons (Fsp3) is 0.444. The molecule has 0 atom stereocenters. The average molecular weight is 303 g/mol. The topological polar surface area (TPSA) is 66.4 Å². The van der Waals surface area contributed by atoms with Gasteiger partial charge in [-0.05, 0) is 30.5 Å². The molecule has 0 aliphatic heterocycles. The van der Waals surface area contributed by atoms with Gasteiger partial charge in [-0.3, -0.25) is 4.79 Å². The van der Waals surface area contributed by atoms with Gasteiger partial charge < -0.3 is 10.4 Å². The maximum absolute atomic E-state index is 11.4. The maximum Gasteiger partial charge on any atom is 0.328 e. The smallest absolute Gasteiger partial charge is 0.328 e. The predicted molar refractivity (Wildman–Crippen MR) is 88.9 cm³/mol. The number of carboxylic acids is 1. The Morgan fingerprint density at radius 2 is 1.64 bits per heavy atom. The highest BCUT2D eigenvalue weighted by atomic mass is 16.4. The van der Waals surface area contributed by atoms with Crippen molar-refractivity contribution in [3.8, 4) is 0 Å². The number of hydrogen-bond acceptors (Lipinski definition) is 2. The van der Waals surface area contributed by atoms with Crippen LogP contribution in [0.1, 0.15) is 51.0 Å². The van der Waals surface area contributed by atoms with Crippen molar-refractivity contribution in [1.82, 2.24) is 0 Å². The van der Waals surface area contributed by atoms with Gasteiger partial charge in [0.2, 0.25) is 5.91 Å². The summed E-state index contributed by atoms with van der Waals surface area (Å²) in [5, 5.41) is 11.1. The van der Waals surface area contributed by atoms with E-state index in [2.05, 4.69) is 12.2 Å². The van der Waals surface area contributed by atoms with Crippen LogP contribution in [0.5, 0.6) is 0 Å². The molecule has 1 rings (SSSR count). The van der Waals surface area contributed by atoms with Gasteiger partial charge in [-0.1, -0.05) is 51.2 Å². The van der Waals surface area contributed by atoms with Gasteiger partial charge in [0, 0.05) is 17.8 Å². The first-order valence-electron chi connectivity index (χ1n) is 7.92. The van der Waals surface area contributed by atoms with Crippen molar-refractivity contribution in [2.24, 2.45) is 0 Å². The van der Waals surface area contributed by atoms with Crippen LogP contribution in [0.3, 0.4) is 0 Å². The Kier molecular flexibility index (Phi) is 8.65. The molecular weight excluding hydrogens is 278 g/mol. The van der Waals surface area contributed by atoms with Gasteiger partial charge in [-0.25, -0.2) is 4.79 Å². The Bertz CT molecular complexity index is 492. The first-order valence-corrected chi connectivity index (χ1v) is 7.92. The molecule has 0 fully saturated rings. The van der Waals surface area contributed by atoms with Crippen LogP contribution in [0.4, 0.5) is 5.69 Å².